The van der Waals surface area contributed by atoms with Crippen molar-refractivity contribution < 1.29 is 9.90 Å². The Morgan fingerprint density at radius 3 is 2.50 bits per heavy atom. The summed E-state index contributed by atoms with van der Waals surface area (Å²) in [6.07, 6.45) is 6.98. The molecular weight excluding hydrogens is 348 g/mol. The number of aliphatic hydroxyl groups is 1. The quantitative estimate of drug-likeness (QED) is 0.723. The molecule has 0 spiro atoms. The van der Waals surface area contributed by atoms with Crippen LogP contribution >= 0.6 is 0 Å². The van der Waals surface area contributed by atoms with Gasteiger partial charge in [0.25, 0.3) is 5.91 Å². The molecule has 4 nitrogen and oxygen atoms in total. The fourth-order valence-corrected chi connectivity index (χ4v) is 5.27. The van der Waals surface area contributed by atoms with Gasteiger partial charge in [-0.15, -0.1) is 0 Å². The Hall–Kier alpha value is -1.39. The van der Waals surface area contributed by atoms with Crippen molar-refractivity contribution in [3.05, 3.63) is 35.9 Å². The monoisotopic (exact) mass is 386 g/mol. The largest absolute Gasteiger partial charge is 0.380 e. The summed E-state index contributed by atoms with van der Waals surface area (Å²) in [5.41, 5.74) is -0.623. The van der Waals surface area contributed by atoms with Crippen LogP contribution in [-0.4, -0.2) is 34.7 Å². The Balaban J connectivity index is 1.91. The van der Waals surface area contributed by atoms with Crippen LogP contribution in [0.3, 0.4) is 0 Å². The number of hydrogen-bond donors (Lipinski definition) is 3. The maximum Gasteiger partial charge on any atom is 0.252 e. The molecular formula is C24H38N2O2. The van der Waals surface area contributed by atoms with E-state index in [1.54, 1.807) is 6.92 Å². The second-order valence-electron chi connectivity index (χ2n) is 10.1. The molecule has 1 aromatic rings. The third-order valence-electron chi connectivity index (χ3n) is 6.73. The average molecular weight is 387 g/mol. The number of carbonyl (C=O) groups is 1. The van der Waals surface area contributed by atoms with Gasteiger partial charge in [-0.3, -0.25) is 4.79 Å². The minimum Gasteiger partial charge on any atom is -0.380 e. The standard InChI is InChI=1S/C24H38N2O2/c1-23(2,3)26-22(27)24(4,28)20(16-17-10-6-5-7-11-17)21-19-13-9-8-12-18(19)14-15-25-21/h5-7,10-11,18-21,25,28H,8-9,12-16H2,1-4H3,(H,26,27). The Bertz CT molecular complexity index is 648. The van der Waals surface area contributed by atoms with Gasteiger partial charge in [-0.05, 0) is 70.9 Å². The lowest BCUT2D eigenvalue weighted by Gasteiger charge is -2.48. The molecule has 3 rings (SSSR count). The molecule has 1 saturated heterocycles. The number of nitrogens with one attached hydrogen (secondary N) is 2. The van der Waals surface area contributed by atoms with Crippen LogP contribution < -0.4 is 10.6 Å². The SMILES string of the molecule is CC(C)(C)NC(=O)C(C)(O)C(Cc1ccccc1)C1NCCC2CCCCC21. The van der Waals surface area contributed by atoms with E-state index in [9.17, 15) is 9.90 Å². The molecule has 0 bridgehead atoms. The van der Waals surface area contributed by atoms with E-state index in [0.717, 1.165) is 12.5 Å². The van der Waals surface area contributed by atoms with E-state index in [2.05, 4.69) is 22.8 Å². The van der Waals surface area contributed by atoms with Gasteiger partial charge in [0.2, 0.25) is 0 Å². The van der Waals surface area contributed by atoms with Crippen LogP contribution in [-0.2, 0) is 11.2 Å². The zero-order valence-corrected chi connectivity index (χ0v) is 18.0. The van der Waals surface area contributed by atoms with E-state index >= 15 is 0 Å². The summed E-state index contributed by atoms with van der Waals surface area (Å²) in [6.45, 7) is 8.58. The van der Waals surface area contributed by atoms with Crippen molar-refractivity contribution in [2.75, 3.05) is 6.54 Å². The highest BCUT2D eigenvalue weighted by Crippen LogP contribution is 2.42. The van der Waals surface area contributed by atoms with E-state index in [1.165, 1.54) is 37.7 Å². The Morgan fingerprint density at radius 2 is 1.82 bits per heavy atom. The number of fused-ring (bicyclic) bond motifs is 1. The number of amides is 1. The summed E-state index contributed by atoms with van der Waals surface area (Å²) >= 11 is 0. The molecule has 5 unspecified atom stereocenters. The zero-order chi connectivity index (χ0) is 20.4. The molecule has 4 heteroatoms. The third kappa shape index (κ3) is 4.96. The van der Waals surface area contributed by atoms with Gasteiger partial charge in [0, 0.05) is 17.5 Å². The lowest BCUT2D eigenvalue weighted by molar-refractivity contribution is -0.148. The maximum absolute atomic E-state index is 13.1. The van der Waals surface area contributed by atoms with Crippen molar-refractivity contribution in [1.29, 1.82) is 0 Å². The number of hydrogen-bond acceptors (Lipinski definition) is 3. The summed E-state index contributed by atoms with van der Waals surface area (Å²) in [7, 11) is 0. The van der Waals surface area contributed by atoms with E-state index in [-0.39, 0.29) is 23.4 Å². The maximum atomic E-state index is 13.1. The highest BCUT2D eigenvalue weighted by molar-refractivity contribution is 5.85. The molecule has 0 radical (unpaired) electrons. The summed E-state index contributed by atoms with van der Waals surface area (Å²) in [6, 6.07) is 10.5. The highest BCUT2D eigenvalue weighted by atomic mass is 16.3. The van der Waals surface area contributed by atoms with E-state index in [4.69, 9.17) is 0 Å². The van der Waals surface area contributed by atoms with Crippen LogP contribution in [0.2, 0.25) is 0 Å². The third-order valence-corrected chi connectivity index (χ3v) is 6.73. The molecule has 0 aromatic heterocycles. The van der Waals surface area contributed by atoms with Crippen LogP contribution in [0.4, 0.5) is 0 Å². The number of benzene rings is 1. The lowest BCUT2D eigenvalue weighted by Crippen LogP contribution is -2.63. The van der Waals surface area contributed by atoms with Crippen molar-refractivity contribution in [2.24, 2.45) is 17.8 Å². The molecule has 156 valence electrons. The molecule has 2 aliphatic rings. The second-order valence-corrected chi connectivity index (χ2v) is 10.1. The van der Waals surface area contributed by atoms with E-state index in [0.29, 0.717) is 12.3 Å². The Morgan fingerprint density at radius 1 is 1.14 bits per heavy atom. The smallest absolute Gasteiger partial charge is 0.252 e. The highest BCUT2D eigenvalue weighted by Gasteiger charge is 2.49. The van der Waals surface area contributed by atoms with Crippen molar-refractivity contribution >= 4 is 5.91 Å². The van der Waals surface area contributed by atoms with Crippen molar-refractivity contribution in [2.45, 2.75) is 83.4 Å². The summed E-state index contributed by atoms with van der Waals surface area (Å²) in [5.74, 6) is 0.841. The van der Waals surface area contributed by atoms with Gasteiger partial charge in [-0.1, -0.05) is 49.6 Å². The number of piperidine rings is 1. The first-order valence-corrected chi connectivity index (χ1v) is 11.0. The van der Waals surface area contributed by atoms with Gasteiger partial charge in [0.05, 0.1) is 0 Å². The number of rotatable bonds is 5. The molecule has 1 aliphatic heterocycles. The predicted molar refractivity (Wildman–Crippen MR) is 114 cm³/mol. The van der Waals surface area contributed by atoms with Crippen molar-refractivity contribution in [3.63, 3.8) is 0 Å². The first-order valence-electron chi connectivity index (χ1n) is 11.0. The molecule has 1 aliphatic carbocycles. The van der Waals surface area contributed by atoms with Crippen LogP contribution in [0.25, 0.3) is 0 Å². The first-order chi connectivity index (χ1) is 13.2. The average Bonchev–Trinajstić information content (AvgIpc) is 2.65. The first kappa shape index (κ1) is 21.3. The van der Waals surface area contributed by atoms with Crippen LogP contribution in [0.15, 0.2) is 30.3 Å². The van der Waals surface area contributed by atoms with Crippen molar-refractivity contribution in [1.82, 2.24) is 10.6 Å². The molecule has 1 aromatic carbocycles. The predicted octanol–water partition coefficient (Wildman–Crippen LogP) is 3.68. The molecule has 5 atom stereocenters. The Labute approximate surface area is 170 Å². The minimum atomic E-state index is -1.43. The zero-order valence-electron chi connectivity index (χ0n) is 18.0. The van der Waals surface area contributed by atoms with E-state index in [1.807, 2.05) is 39.0 Å². The molecule has 28 heavy (non-hydrogen) atoms. The second kappa shape index (κ2) is 8.54. The topological polar surface area (TPSA) is 61.4 Å². The fourth-order valence-electron chi connectivity index (χ4n) is 5.27. The molecule has 2 fully saturated rings. The van der Waals surface area contributed by atoms with Gasteiger partial charge in [-0.25, -0.2) is 0 Å². The van der Waals surface area contributed by atoms with Crippen LogP contribution in [0.5, 0.6) is 0 Å². The lowest BCUT2D eigenvalue weighted by atomic mass is 9.64. The fraction of sp³-hybridized carbons (Fsp3) is 0.708. The molecule has 1 amide bonds. The van der Waals surface area contributed by atoms with Gasteiger partial charge in [0.15, 0.2) is 0 Å². The van der Waals surface area contributed by atoms with Crippen LogP contribution in [0, 0.1) is 17.8 Å². The van der Waals surface area contributed by atoms with Crippen molar-refractivity contribution in [3.8, 4) is 0 Å². The van der Waals surface area contributed by atoms with Gasteiger partial charge in [-0.2, -0.15) is 0 Å². The van der Waals surface area contributed by atoms with E-state index < -0.39 is 5.60 Å². The van der Waals surface area contributed by atoms with Gasteiger partial charge < -0.3 is 15.7 Å². The van der Waals surface area contributed by atoms with Gasteiger partial charge >= 0.3 is 0 Å². The summed E-state index contributed by atoms with van der Waals surface area (Å²) < 4.78 is 0. The van der Waals surface area contributed by atoms with Gasteiger partial charge in [0.1, 0.15) is 5.60 Å². The molecule has 1 heterocycles. The summed E-state index contributed by atoms with van der Waals surface area (Å²) in [5, 5.41) is 18.3. The Kier molecular flexibility index (Phi) is 6.51. The molecule has 3 N–H and O–H groups in total. The van der Waals surface area contributed by atoms with Crippen LogP contribution in [0.1, 0.15) is 65.4 Å². The summed E-state index contributed by atoms with van der Waals surface area (Å²) in [4.78, 5) is 13.1. The normalized spacial score (nSPS) is 28.7. The minimum absolute atomic E-state index is 0.164. The molecule has 1 saturated carbocycles. The number of carbonyl (C=O) groups excluding carboxylic acids is 1.